The van der Waals surface area contributed by atoms with Crippen LogP contribution in [0.15, 0.2) is 103 Å². The summed E-state index contributed by atoms with van der Waals surface area (Å²) >= 11 is 9.04. The van der Waals surface area contributed by atoms with Crippen molar-refractivity contribution in [3.8, 4) is 11.1 Å². The molecular formula is C46H46Cl4Zr. The second kappa shape index (κ2) is 13.5. The summed E-state index contributed by atoms with van der Waals surface area (Å²) in [6, 6.07) is 27.0. The van der Waals surface area contributed by atoms with E-state index in [1.165, 1.54) is 61.2 Å². The number of hydrogen-bond acceptors (Lipinski definition) is 0. The van der Waals surface area contributed by atoms with Crippen molar-refractivity contribution in [3.05, 3.63) is 158 Å². The van der Waals surface area contributed by atoms with Crippen LogP contribution in [-0.4, -0.2) is 7.42 Å². The molecule has 0 unspecified atom stereocenters. The fourth-order valence-corrected chi connectivity index (χ4v) is 21.1. The van der Waals surface area contributed by atoms with Crippen LogP contribution < -0.4 is 0 Å². The van der Waals surface area contributed by atoms with Crippen molar-refractivity contribution in [2.75, 3.05) is 0 Å². The summed E-state index contributed by atoms with van der Waals surface area (Å²) in [5, 5.41) is 1.53. The molecule has 51 heavy (non-hydrogen) atoms. The summed E-state index contributed by atoms with van der Waals surface area (Å²) in [4.78, 5) is 0. The molecule has 262 valence electrons. The molecule has 0 saturated carbocycles. The molecule has 8 rings (SSSR count). The van der Waals surface area contributed by atoms with Crippen molar-refractivity contribution in [1.29, 1.82) is 0 Å². The van der Waals surface area contributed by atoms with Crippen LogP contribution in [0.4, 0.5) is 0 Å². The van der Waals surface area contributed by atoms with Crippen molar-refractivity contribution < 1.29 is 19.3 Å². The van der Waals surface area contributed by atoms with Crippen molar-refractivity contribution >= 4 is 67.6 Å². The quantitative estimate of drug-likeness (QED) is 0.169. The molecule has 4 aliphatic carbocycles. The topological polar surface area (TPSA) is 0 Å². The minimum Gasteiger partial charge on any atom is -0.147 e. The van der Waals surface area contributed by atoms with Crippen LogP contribution in [0.2, 0.25) is 10.0 Å². The van der Waals surface area contributed by atoms with Gasteiger partial charge in [0.15, 0.2) is 0 Å². The van der Waals surface area contributed by atoms with Gasteiger partial charge in [0.25, 0.3) is 0 Å². The third-order valence-electron chi connectivity index (χ3n) is 11.5. The first kappa shape index (κ1) is 38.4. The molecule has 0 saturated heterocycles. The Morgan fingerprint density at radius 2 is 1.22 bits per heavy atom. The smallest absolute Gasteiger partial charge is 0.147 e. The predicted octanol–water partition coefficient (Wildman–Crippen LogP) is 13.5. The second-order valence-corrected chi connectivity index (χ2v) is 26.1. The van der Waals surface area contributed by atoms with Gasteiger partial charge in [-0.25, -0.2) is 0 Å². The number of hydrogen-bond donors (Lipinski definition) is 0. The molecule has 4 aromatic rings. The summed E-state index contributed by atoms with van der Waals surface area (Å²) in [7, 11) is 0. The summed E-state index contributed by atoms with van der Waals surface area (Å²) in [6.07, 6.45) is 14.3. The predicted molar refractivity (Wildman–Crippen MR) is 226 cm³/mol. The Labute approximate surface area is 330 Å². The molecule has 0 nitrogen and oxygen atoms in total. The van der Waals surface area contributed by atoms with Gasteiger partial charge in [0.2, 0.25) is 0 Å². The van der Waals surface area contributed by atoms with Crippen LogP contribution in [0.5, 0.6) is 0 Å². The number of fused-ring (bicyclic) bond motifs is 5. The van der Waals surface area contributed by atoms with Crippen LogP contribution in [0, 0.1) is 5.41 Å². The third-order valence-corrected chi connectivity index (χ3v) is 23.4. The largest absolute Gasteiger partial charge is 0.147 e. The van der Waals surface area contributed by atoms with Crippen molar-refractivity contribution in [3.63, 3.8) is 0 Å². The SMILES string of the molecule is CC(C)(C)C1=CC[C]([Zr](=[CH]c2ccc(Cl)cc2)(=[CH]c2ccc(Cl)cc2)[C]2=Cc3cc4c(cc3C2(C)C)Cc2cc3c(cc2-4)C=CC3(C)C)=C1.Cl.Cl. The number of halogens is 4. The normalized spacial score (nSPS) is 16.9. The summed E-state index contributed by atoms with van der Waals surface area (Å²) < 4.78 is 8.56. The van der Waals surface area contributed by atoms with Crippen LogP contribution in [0.25, 0.3) is 23.3 Å². The molecule has 0 fully saturated rings. The van der Waals surface area contributed by atoms with Crippen molar-refractivity contribution in [1.82, 2.24) is 0 Å². The molecule has 0 spiro atoms. The van der Waals surface area contributed by atoms with E-state index in [-0.39, 0.29) is 41.1 Å². The summed E-state index contributed by atoms with van der Waals surface area (Å²) in [6.45, 7) is 16.6. The maximum Gasteiger partial charge on any atom is -0.147 e. The van der Waals surface area contributed by atoms with Crippen LogP contribution in [-0.2, 0) is 36.5 Å². The van der Waals surface area contributed by atoms with Gasteiger partial charge in [0.1, 0.15) is 0 Å². The Bertz CT molecular complexity index is 2270. The Hall–Kier alpha value is -2.38. The molecule has 0 atom stereocenters. The molecule has 5 heteroatoms. The molecule has 0 heterocycles. The molecule has 0 aliphatic heterocycles. The van der Waals surface area contributed by atoms with E-state index in [4.69, 9.17) is 23.2 Å². The van der Waals surface area contributed by atoms with Gasteiger partial charge in [-0.15, -0.1) is 24.8 Å². The van der Waals surface area contributed by atoms with E-state index in [1.54, 1.807) is 6.56 Å². The standard InChI is InChI=1S/C23H21.C9H13.2C7H5Cl.2ClH.Zr/c1-22(2)7-5-14-10-18-16(12-20(14)22)9-17-13-21-15(11-19(17)18)6-8-23(21,3)4;1-9(2,3)8-6-4-5-7-8;2*1-6-2-4-7(8)5-3-6;;;/h5-7,10-13H,9H2,1-4H3;6-7H,4H2,1-3H3;2*1-5H;2*1H;. The fraction of sp³-hybridized carbons (Fsp3) is 0.261. The zero-order chi connectivity index (χ0) is 34.5. The Morgan fingerprint density at radius 1 is 0.686 bits per heavy atom. The molecule has 0 aromatic heterocycles. The van der Waals surface area contributed by atoms with Crippen LogP contribution in [0.3, 0.4) is 0 Å². The van der Waals surface area contributed by atoms with E-state index in [0.717, 1.165) is 22.9 Å². The molecular weight excluding hydrogens is 786 g/mol. The van der Waals surface area contributed by atoms with Gasteiger partial charge < -0.3 is 0 Å². The van der Waals surface area contributed by atoms with Gasteiger partial charge in [0.05, 0.1) is 0 Å². The summed E-state index contributed by atoms with van der Waals surface area (Å²) in [5.74, 6) is 0. The third kappa shape index (κ3) is 6.59. The number of allylic oxidation sites excluding steroid dienone is 6. The van der Waals surface area contributed by atoms with Gasteiger partial charge in [-0.1, -0.05) is 0 Å². The molecule has 4 aromatic carbocycles. The Kier molecular flexibility index (Phi) is 10.1. The summed E-state index contributed by atoms with van der Waals surface area (Å²) in [5.41, 5.74) is 15.4. The molecule has 0 bridgehead atoms. The van der Waals surface area contributed by atoms with Crippen molar-refractivity contribution in [2.45, 2.75) is 72.1 Å². The number of benzene rings is 4. The molecule has 0 amide bonds. The van der Waals surface area contributed by atoms with Gasteiger partial charge in [0, 0.05) is 0 Å². The van der Waals surface area contributed by atoms with E-state index in [9.17, 15) is 0 Å². The fourth-order valence-electron chi connectivity index (χ4n) is 8.72. The van der Waals surface area contributed by atoms with Gasteiger partial charge in [-0.2, -0.15) is 0 Å². The second-order valence-electron chi connectivity index (χ2n) is 16.7. The minimum absolute atomic E-state index is 0. The van der Waals surface area contributed by atoms with Gasteiger partial charge in [-0.05, 0) is 0 Å². The number of rotatable bonds is 4. The zero-order valence-corrected chi connectivity index (χ0v) is 36.1. The van der Waals surface area contributed by atoms with E-state index in [2.05, 4.69) is 135 Å². The average molecular weight is 832 g/mol. The molecule has 4 aliphatic rings. The molecule has 0 N–H and O–H groups in total. The van der Waals surface area contributed by atoms with Crippen LogP contribution in [0.1, 0.15) is 99.4 Å². The average Bonchev–Trinajstić information content (AvgIpc) is 3.81. The van der Waals surface area contributed by atoms with Crippen molar-refractivity contribution in [2.24, 2.45) is 5.41 Å². The maximum atomic E-state index is 6.44. The van der Waals surface area contributed by atoms with Crippen LogP contribution >= 0.6 is 48.0 Å². The first-order chi connectivity index (χ1) is 23.1. The monoisotopic (exact) mass is 828 g/mol. The molecule has 0 radical (unpaired) electrons. The first-order valence-corrected chi connectivity index (χ1v) is 23.6. The van der Waals surface area contributed by atoms with E-state index in [0.29, 0.717) is 0 Å². The van der Waals surface area contributed by atoms with E-state index < -0.39 is 19.3 Å². The first-order valence-electron chi connectivity index (χ1n) is 17.6. The minimum atomic E-state index is -3.83. The Balaban J connectivity index is 0.00000224. The maximum absolute atomic E-state index is 6.44. The Morgan fingerprint density at radius 3 is 1.75 bits per heavy atom. The van der Waals surface area contributed by atoms with E-state index >= 15 is 0 Å². The van der Waals surface area contributed by atoms with Gasteiger partial charge in [-0.3, -0.25) is 0 Å². The van der Waals surface area contributed by atoms with E-state index in [1.807, 2.05) is 24.3 Å². The van der Waals surface area contributed by atoms with Gasteiger partial charge >= 0.3 is 308 Å². The zero-order valence-electron chi connectivity index (χ0n) is 30.5.